The summed E-state index contributed by atoms with van der Waals surface area (Å²) in [4.78, 5) is 11.5. The van der Waals surface area contributed by atoms with E-state index in [0.717, 1.165) is 38.9 Å². The summed E-state index contributed by atoms with van der Waals surface area (Å²) < 4.78 is 5.55. The molecule has 0 aliphatic heterocycles. The van der Waals surface area contributed by atoms with Crippen LogP contribution < -0.4 is 0 Å². The molecule has 0 heterocycles. The smallest absolute Gasteiger partial charge is 0.133 e. The SMILES string of the molecule is CCCCOCCCC[C@]1(C)CCCC(=O)C1. The number of Topliss-reactive ketones (excluding diaryl/α,β-unsaturated/α-hetero) is 1. The van der Waals surface area contributed by atoms with Crippen molar-refractivity contribution in [1.29, 1.82) is 0 Å². The number of ether oxygens (including phenoxy) is 1. The minimum atomic E-state index is 0.290. The Hall–Kier alpha value is -0.370. The Morgan fingerprint density at radius 1 is 1.24 bits per heavy atom. The highest BCUT2D eigenvalue weighted by Crippen LogP contribution is 2.38. The summed E-state index contributed by atoms with van der Waals surface area (Å²) >= 11 is 0. The summed E-state index contributed by atoms with van der Waals surface area (Å²) in [6, 6.07) is 0. The Morgan fingerprint density at radius 3 is 2.71 bits per heavy atom. The van der Waals surface area contributed by atoms with E-state index >= 15 is 0 Å². The van der Waals surface area contributed by atoms with E-state index in [2.05, 4.69) is 13.8 Å². The van der Waals surface area contributed by atoms with Gasteiger partial charge in [0.05, 0.1) is 0 Å². The predicted molar refractivity (Wildman–Crippen MR) is 71.2 cm³/mol. The standard InChI is InChI=1S/C15H28O2/c1-3-4-11-17-12-6-5-9-15(2)10-7-8-14(16)13-15/h3-13H2,1-2H3/t15-/m1/s1. The molecule has 0 amide bonds. The second kappa shape index (κ2) is 7.86. The van der Waals surface area contributed by atoms with Crippen LogP contribution in [0.25, 0.3) is 0 Å². The van der Waals surface area contributed by atoms with Crippen LogP contribution in [-0.2, 0) is 9.53 Å². The highest BCUT2D eigenvalue weighted by molar-refractivity contribution is 5.79. The molecule has 1 rings (SSSR count). The van der Waals surface area contributed by atoms with Gasteiger partial charge in [-0.25, -0.2) is 0 Å². The molecule has 0 spiro atoms. The number of hydrogen-bond acceptors (Lipinski definition) is 2. The van der Waals surface area contributed by atoms with Crippen LogP contribution in [0.3, 0.4) is 0 Å². The molecular weight excluding hydrogens is 212 g/mol. The zero-order valence-electron chi connectivity index (χ0n) is 11.6. The van der Waals surface area contributed by atoms with Gasteiger partial charge in [-0.3, -0.25) is 4.79 Å². The van der Waals surface area contributed by atoms with Gasteiger partial charge < -0.3 is 4.74 Å². The minimum Gasteiger partial charge on any atom is -0.381 e. The molecule has 0 aromatic rings. The summed E-state index contributed by atoms with van der Waals surface area (Å²) in [5.74, 6) is 0.470. The number of carbonyl (C=O) groups is 1. The first-order valence-corrected chi connectivity index (χ1v) is 7.26. The van der Waals surface area contributed by atoms with Crippen molar-refractivity contribution in [1.82, 2.24) is 0 Å². The fourth-order valence-corrected chi connectivity index (χ4v) is 2.68. The molecule has 1 saturated carbocycles. The van der Waals surface area contributed by atoms with Crippen LogP contribution in [-0.4, -0.2) is 19.0 Å². The number of hydrogen-bond donors (Lipinski definition) is 0. The molecule has 1 aliphatic carbocycles. The first kappa shape index (κ1) is 14.7. The third-order valence-corrected chi connectivity index (χ3v) is 3.82. The number of carbonyl (C=O) groups excluding carboxylic acids is 1. The zero-order valence-corrected chi connectivity index (χ0v) is 11.6. The van der Waals surface area contributed by atoms with E-state index in [1.165, 1.54) is 32.1 Å². The van der Waals surface area contributed by atoms with Crippen LogP contribution in [0, 0.1) is 5.41 Å². The van der Waals surface area contributed by atoms with Crippen molar-refractivity contribution in [2.45, 2.75) is 71.6 Å². The average molecular weight is 240 g/mol. The van der Waals surface area contributed by atoms with Crippen molar-refractivity contribution in [2.24, 2.45) is 5.41 Å². The van der Waals surface area contributed by atoms with Gasteiger partial charge in [0.2, 0.25) is 0 Å². The molecule has 2 nitrogen and oxygen atoms in total. The lowest BCUT2D eigenvalue weighted by atomic mass is 9.72. The Bertz CT molecular complexity index is 225. The van der Waals surface area contributed by atoms with E-state index in [1.54, 1.807) is 0 Å². The molecule has 17 heavy (non-hydrogen) atoms. The average Bonchev–Trinajstić information content (AvgIpc) is 2.27. The van der Waals surface area contributed by atoms with Gasteiger partial charge in [0.1, 0.15) is 5.78 Å². The van der Waals surface area contributed by atoms with Gasteiger partial charge in [-0.05, 0) is 37.5 Å². The molecule has 100 valence electrons. The van der Waals surface area contributed by atoms with E-state index in [0.29, 0.717) is 11.2 Å². The van der Waals surface area contributed by atoms with Gasteiger partial charge in [0.15, 0.2) is 0 Å². The molecule has 0 unspecified atom stereocenters. The van der Waals surface area contributed by atoms with Crippen LogP contribution in [0.5, 0.6) is 0 Å². The summed E-state index contributed by atoms with van der Waals surface area (Å²) in [5.41, 5.74) is 0.290. The molecule has 0 N–H and O–H groups in total. The van der Waals surface area contributed by atoms with Gasteiger partial charge in [-0.15, -0.1) is 0 Å². The lowest BCUT2D eigenvalue weighted by molar-refractivity contribution is -0.123. The maximum Gasteiger partial charge on any atom is 0.133 e. The van der Waals surface area contributed by atoms with Crippen molar-refractivity contribution < 1.29 is 9.53 Å². The summed E-state index contributed by atoms with van der Waals surface area (Å²) in [6.45, 7) is 6.27. The molecule has 0 saturated heterocycles. The van der Waals surface area contributed by atoms with Gasteiger partial charge in [-0.1, -0.05) is 26.7 Å². The van der Waals surface area contributed by atoms with Crippen molar-refractivity contribution in [3.8, 4) is 0 Å². The van der Waals surface area contributed by atoms with Crippen molar-refractivity contribution in [3.63, 3.8) is 0 Å². The maximum atomic E-state index is 11.5. The van der Waals surface area contributed by atoms with Gasteiger partial charge in [0, 0.05) is 26.1 Å². The number of rotatable bonds is 8. The third-order valence-electron chi connectivity index (χ3n) is 3.82. The minimum absolute atomic E-state index is 0.290. The monoisotopic (exact) mass is 240 g/mol. The third kappa shape index (κ3) is 6.21. The van der Waals surface area contributed by atoms with E-state index in [9.17, 15) is 4.79 Å². The highest BCUT2D eigenvalue weighted by atomic mass is 16.5. The normalized spacial score (nSPS) is 25.2. The van der Waals surface area contributed by atoms with Crippen LogP contribution in [0.1, 0.15) is 71.6 Å². The zero-order chi connectivity index (χ0) is 12.6. The Labute approximate surface area is 106 Å². The molecule has 0 aromatic heterocycles. The summed E-state index contributed by atoms with van der Waals surface area (Å²) in [6.07, 6.45) is 9.88. The van der Waals surface area contributed by atoms with Crippen LogP contribution in [0.2, 0.25) is 0 Å². The first-order chi connectivity index (χ1) is 8.16. The van der Waals surface area contributed by atoms with Crippen molar-refractivity contribution in [3.05, 3.63) is 0 Å². The second-order valence-corrected chi connectivity index (χ2v) is 5.80. The first-order valence-electron chi connectivity index (χ1n) is 7.26. The highest BCUT2D eigenvalue weighted by Gasteiger charge is 2.30. The van der Waals surface area contributed by atoms with Crippen LogP contribution >= 0.6 is 0 Å². The predicted octanol–water partition coefficient (Wildman–Crippen LogP) is 4.12. The molecular formula is C15H28O2. The summed E-state index contributed by atoms with van der Waals surface area (Å²) in [5, 5.41) is 0. The molecule has 0 bridgehead atoms. The lowest BCUT2D eigenvalue weighted by Gasteiger charge is -2.32. The van der Waals surface area contributed by atoms with E-state index < -0.39 is 0 Å². The van der Waals surface area contributed by atoms with E-state index in [-0.39, 0.29) is 0 Å². The second-order valence-electron chi connectivity index (χ2n) is 5.80. The van der Waals surface area contributed by atoms with Crippen LogP contribution in [0.4, 0.5) is 0 Å². The molecule has 0 aromatic carbocycles. The van der Waals surface area contributed by atoms with E-state index in [4.69, 9.17) is 4.74 Å². The molecule has 1 atom stereocenters. The lowest BCUT2D eigenvalue weighted by Crippen LogP contribution is -2.25. The topological polar surface area (TPSA) is 26.3 Å². The Balaban J connectivity index is 2.03. The molecule has 1 fully saturated rings. The van der Waals surface area contributed by atoms with E-state index in [1.807, 2.05) is 0 Å². The molecule has 0 radical (unpaired) electrons. The molecule has 2 heteroatoms. The molecule has 1 aliphatic rings. The quantitative estimate of drug-likeness (QED) is 0.596. The fraction of sp³-hybridized carbons (Fsp3) is 0.933. The van der Waals surface area contributed by atoms with Gasteiger partial charge in [0.25, 0.3) is 0 Å². The largest absolute Gasteiger partial charge is 0.381 e. The van der Waals surface area contributed by atoms with Gasteiger partial charge >= 0.3 is 0 Å². The summed E-state index contributed by atoms with van der Waals surface area (Å²) in [7, 11) is 0. The van der Waals surface area contributed by atoms with Crippen molar-refractivity contribution in [2.75, 3.05) is 13.2 Å². The maximum absolute atomic E-state index is 11.5. The number of ketones is 1. The Morgan fingerprint density at radius 2 is 2.00 bits per heavy atom. The fourth-order valence-electron chi connectivity index (χ4n) is 2.68. The van der Waals surface area contributed by atoms with Crippen LogP contribution in [0.15, 0.2) is 0 Å². The van der Waals surface area contributed by atoms with Gasteiger partial charge in [-0.2, -0.15) is 0 Å². The Kier molecular flexibility index (Phi) is 6.79. The van der Waals surface area contributed by atoms with Crippen molar-refractivity contribution >= 4 is 5.78 Å². The number of unbranched alkanes of at least 4 members (excludes halogenated alkanes) is 2.